The fourth-order valence-corrected chi connectivity index (χ4v) is 5.87. The summed E-state index contributed by atoms with van der Waals surface area (Å²) in [6.45, 7) is 7.36. The maximum Gasteiger partial charge on any atom is 0.261 e. The number of carbonyl (C=O) groups excluding carboxylic acids is 1. The van der Waals surface area contributed by atoms with E-state index in [0.29, 0.717) is 12.6 Å². The van der Waals surface area contributed by atoms with Gasteiger partial charge in [0.25, 0.3) is 5.91 Å². The zero-order valence-corrected chi connectivity index (χ0v) is 19.5. The largest absolute Gasteiger partial charge is 0.371 e. The number of aromatic nitrogens is 2. The summed E-state index contributed by atoms with van der Waals surface area (Å²) in [4.78, 5) is 20.7. The average Bonchev–Trinajstić information content (AvgIpc) is 3.37. The number of morpholine rings is 1. The van der Waals surface area contributed by atoms with E-state index < -0.39 is 0 Å². The first kappa shape index (κ1) is 21.1. The number of carbonyl (C=O) groups is 1. The minimum Gasteiger partial charge on any atom is -0.371 e. The Kier molecular flexibility index (Phi) is 5.71. The summed E-state index contributed by atoms with van der Waals surface area (Å²) in [5, 5.41) is 3.91. The van der Waals surface area contributed by atoms with Crippen LogP contribution >= 0.6 is 11.3 Å². The molecule has 32 heavy (non-hydrogen) atoms. The monoisotopic (exact) mass is 448 g/mol. The van der Waals surface area contributed by atoms with Crippen LogP contribution in [0.1, 0.15) is 47.1 Å². The van der Waals surface area contributed by atoms with E-state index in [2.05, 4.69) is 59.0 Å². The molecule has 0 saturated carbocycles. The van der Waals surface area contributed by atoms with Crippen LogP contribution in [0.15, 0.2) is 48.5 Å². The van der Waals surface area contributed by atoms with E-state index in [4.69, 9.17) is 9.72 Å². The standard InChI is InChI=1S/C25H28N4O2S/c1-16(2)29-19-10-6-5-9-18(19)27-22(29)15-28-12-13-31-20(14-28)23-17-8-4-7-11-21(17)32-24(23)25(30)26-3/h4-11,16,20H,12-15H2,1-3H3,(H,26,30)/t20-/m0/s1. The summed E-state index contributed by atoms with van der Waals surface area (Å²) in [6, 6.07) is 16.9. The lowest BCUT2D eigenvalue weighted by Crippen LogP contribution is -2.39. The van der Waals surface area contributed by atoms with E-state index in [1.165, 1.54) is 16.9 Å². The molecule has 1 saturated heterocycles. The van der Waals surface area contributed by atoms with Crippen molar-refractivity contribution in [3.63, 3.8) is 0 Å². The zero-order valence-electron chi connectivity index (χ0n) is 18.7. The second kappa shape index (κ2) is 8.65. The third-order valence-electron chi connectivity index (χ3n) is 6.09. The highest BCUT2D eigenvalue weighted by atomic mass is 32.1. The number of rotatable bonds is 5. The van der Waals surface area contributed by atoms with Gasteiger partial charge in [0.2, 0.25) is 0 Å². The van der Waals surface area contributed by atoms with Crippen LogP contribution in [0.4, 0.5) is 0 Å². The molecule has 0 aliphatic carbocycles. The molecule has 1 fully saturated rings. The molecule has 4 aromatic rings. The third kappa shape index (κ3) is 3.70. The maximum absolute atomic E-state index is 12.7. The van der Waals surface area contributed by atoms with Crippen molar-refractivity contribution < 1.29 is 9.53 Å². The molecule has 1 amide bonds. The zero-order chi connectivity index (χ0) is 22.2. The van der Waals surface area contributed by atoms with Crippen molar-refractivity contribution in [3.05, 3.63) is 64.8 Å². The number of para-hydroxylation sites is 2. The molecule has 7 heteroatoms. The Morgan fingerprint density at radius 3 is 2.81 bits per heavy atom. The van der Waals surface area contributed by atoms with Gasteiger partial charge in [-0.05, 0) is 37.4 Å². The van der Waals surface area contributed by atoms with Gasteiger partial charge >= 0.3 is 0 Å². The SMILES string of the molecule is CNC(=O)c1sc2ccccc2c1[C@@H]1CN(Cc2nc3ccccc3n2C(C)C)CCO1. The fourth-order valence-electron chi connectivity index (χ4n) is 4.67. The van der Waals surface area contributed by atoms with Crippen LogP contribution in [0.2, 0.25) is 0 Å². The Hall–Kier alpha value is -2.74. The molecule has 5 rings (SSSR count). The lowest BCUT2D eigenvalue weighted by Gasteiger charge is -2.33. The summed E-state index contributed by atoms with van der Waals surface area (Å²) in [5.41, 5.74) is 3.21. The third-order valence-corrected chi connectivity index (χ3v) is 7.28. The number of amides is 1. The van der Waals surface area contributed by atoms with Crippen LogP contribution in [0.5, 0.6) is 0 Å². The number of nitrogens with zero attached hydrogens (tertiary/aromatic N) is 3. The normalized spacial score (nSPS) is 17.4. The minimum absolute atomic E-state index is 0.0523. The smallest absolute Gasteiger partial charge is 0.261 e. The molecular formula is C25H28N4O2S. The van der Waals surface area contributed by atoms with E-state index >= 15 is 0 Å². The summed E-state index contributed by atoms with van der Waals surface area (Å²) < 4.78 is 9.67. The van der Waals surface area contributed by atoms with Gasteiger partial charge in [-0.3, -0.25) is 9.69 Å². The summed E-state index contributed by atoms with van der Waals surface area (Å²) >= 11 is 1.54. The first-order chi connectivity index (χ1) is 15.6. The highest BCUT2D eigenvalue weighted by Gasteiger charge is 2.30. The first-order valence-electron chi connectivity index (χ1n) is 11.1. The fraction of sp³-hybridized carbons (Fsp3) is 0.360. The summed E-state index contributed by atoms with van der Waals surface area (Å²) in [5.74, 6) is 1.02. The number of nitrogens with one attached hydrogen (secondary N) is 1. The van der Waals surface area contributed by atoms with Crippen molar-refractivity contribution in [1.82, 2.24) is 19.8 Å². The molecule has 0 bridgehead atoms. The Morgan fingerprint density at radius 2 is 2.00 bits per heavy atom. The molecule has 2 aromatic heterocycles. The Bertz CT molecular complexity index is 1280. The van der Waals surface area contributed by atoms with E-state index in [1.54, 1.807) is 7.05 Å². The van der Waals surface area contributed by atoms with Gasteiger partial charge in [0, 0.05) is 36.4 Å². The van der Waals surface area contributed by atoms with Crippen LogP contribution in [0.25, 0.3) is 21.1 Å². The molecule has 6 nitrogen and oxygen atoms in total. The number of hydrogen-bond acceptors (Lipinski definition) is 5. The van der Waals surface area contributed by atoms with Crippen LogP contribution < -0.4 is 5.32 Å². The Labute approximate surface area is 191 Å². The second-order valence-corrected chi connectivity index (χ2v) is 9.55. The lowest BCUT2D eigenvalue weighted by molar-refractivity contribution is -0.0333. The van der Waals surface area contributed by atoms with Crippen LogP contribution in [0, 0.1) is 0 Å². The quantitative estimate of drug-likeness (QED) is 0.478. The topological polar surface area (TPSA) is 59.4 Å². The summed E-state index contributed by atoms with van der Waals surface area (Å²) in [6.07, 6.45) is -0.149. The van der Waals surface area contributed by atoms with Crippen molar-refractivity contribution in [2.75, 3.05) is 26.7 Å². The van der Waals surface area contributed by atoms with Crippen molar-refractivity contribution in [2.24, 2.45) is 0 Å². The molecular weight excluding hydrogens is 420 g/mol. The molecule has 1 aliphatic heterocycles. The van der Waals surface area contributed by atoms with Gasteiger partial charge in [-0.25, -0.2) is 4.98 Å². The van der Waals surface area contributed by atoms with E-state index in [0.717, 1.165) is 51.5 Å². The van der Waals surface area contributed by atoms with Gasteiger partial charge in [0.05, 0.1) is 35.2 Å². The van der Waals surface area contributed by atoms with Crippen LogP contribution in [0.3, 0.4) is 0 Å². The first-order valence-corrected chi connectivity index (χ1v) is 11.9. The lowest BCUT2D eigenvalue weighted by atomic mass is 10.0. The predicted octanol–water partition coefficient (Wildman–Crippen LogP) is 4.77. The van der Waals surface area contributed by atoms with Gasteiger partial charge in [0.1, 0.15) is 5.82 Å². The van der Waals surface area contributed by atoms with Crippen molar-refractivity contribution in [3.8, 4) is 0 Å². The molecule has 0 unspecified atom stereocenters. The number of hydrogen-bond donors (Lipinski definition) is 1. The molecule has 1 atom stereocenters. The van der Waals surface area contributed by atoms with Crippen LogP contribution in [-0.4, -0.2) is 47.1 Å². The Morgan fingerprint density at radius 1 is 1.22 bits per heavy atom. The van der Waals surface area contributed by atoms with Gasteiger partial charge in [-0.1, -0.05) is 30.3 Å². The van der Waals surface area contributed by atoms with Crippen molar-refractivity contribution in [1.29, 1.82) is 0 Å². The molecule has 1 N–H and O–H groups in total. The number of imidazole rings is 1. The van der Waals surface area contributed by atoms with Gasteiger partial charge in [-0.2, -0.15) is 0 Å². The molecule has 166 valence electrons. The molecule has 2 aromatic carbocycles. The average molecular weight is 449 g/mol. The highest BCUT2D eigenvalue weighted by Crippen LogP contribution is 2.38. The molecule has 1 aliphatic rings. The van der Waals surface area contributed by atoms with E-state index in [-0.39, 0.29) is 12.0 Å². The van der Waals surface area contributed by atoms with E-state index in [9.17, 15) is 4.79 Å². The molecule has 0 spiro atoms. The molecule has 0 radical (unpaired) electrons. The van der Waals surface area contributed by atoms with Crippen LogP contribution in [-0.2, 0) is 11.3 Å². The minimum atomic E-state index is -0.149. The van der Waals surface area contributed by atoms with Gasteiger partial charge in [0.15, 0.2) is 0 Å². The number of benzene rings is 2. The predicted molar refractivity (Wildman–Crippen MR) is 129 cm³/mol. The highest BCUT2D eigenvalue weighted by molar-refractivity contribution is 7.21. The number of thiophene rings is 1. The van der Waals surface area contributed by atoms with Gasteiger partial charge < -0.3 is 14.6 Å². The molecule has 3 heterocycles. The van der Waals surface area contributed by atoms with Crippen molar-refractivity contribution in [2.45, 2.75) is 32.5 Å². The summed E-state index contributed by atoms with van der Waals surface area (Å²) in [7, 11) is 1.68. The van der Waals surface area contributed by atoms with Gasteiger partial charge in [-0.15, -0.1) is 11.3 Å². The van der Waals surface area contributed by atoms with Crippen molar-refractivity contribution >= 4 is 38.4 Å². The van der Waals surface area contributed by atoms with E-state index in [1.807, 2.05) is 18.2 Å². The Balaban J connectivity index is 1.47. The maximum atomic E-state index is 12.7. The number of fused-ring (bicyclic) bond motifs is 2. The number of ether oxygens (including phenoxy) is 1. The second-order valence-electron chi connectivity index (χ2n) is 8.50.